The Morgan fingerprint density at radius 3 is 2.17 bits per heavy atom. The highest BCUT2D eigenvalue weighted by atomic mass is 16.6. The number of carbonyl (C=O) groups excluding carboxylic acids is 4. The molecule has 9 nitrogen and oxygen atoms in total. The molecule has 0 radical (unpaired) electrons. The van der Waals surface area contributed by atoms with Gasteiger partial charge >= 0.3 is 6.09 Å². The summed E-state index contributed by atoms with van der Waals surface area (Å²) in [5.41, 5.74) is 7.08. The SMILES string of the molecule is CCCCNC(=O)C(c1c(C)cccc1C)N(CCC)C(=O)C(CCC(N)=O)NC(=O)OC(C)(C)C. The van der Waals surface area contributed by atoms with E-state index in [0.29, 0.717) is 13.0 Å². The zero-order chi connectivity index (χ0) is 27.5. The highest BCUT2D eigenvalue weighted by Crippen LogP contribution is 2.29. The summed E-state index contributed by atoms with van der Waals surface area (Å²) >= 11 is 0. The predicted molar refractivity (Wildman–Crippen MR) is 140 cm³/mol. The van der Waals surface area contributed by atoms with Gasteiger partial charge in [0.05, 0.1) is 0 Å². The van der Waals surface area contributed by atoms with Gasteiger partial charge in [-0.2, -0.15) is 0 Å². The van der Waals surface area contributed by atoms with Crippen molar-refractivity contribution < 1.29 is 23.9 Å². The Morgan fingerprint density at radius 1 is 1.06 bits per heavy atom. The van der Waals surface area contributed by atoms with Gasteiger partial charge in [0.1, 0.15) is 17.7 Å². The van der Waals surface area contributed by atoms with Gasteiger partial charge in [0.2, 0.25) is 17.7 Å². The fourth-order valence-corrected chi connectivity index (χ4v) is 3.97. The summed E-state index contributed by atoms with van der Waals surface area (Å²) < 4.78 is 5.34. The molecule has 2 unspecified atom stereocenters. The van der Waals surface area contributed by atoms with Crippen molar-refractivity contribution in [3.63, 3.8) is 0 Å². The molecular weight excluding hydrogens is 460 g/mol. The molecule has 202 valence electrons. The predicted octanol–water partition coefficient (Wildman–Crippen LogP) is 3.66. The van der Waals surface area contributed by atoms with E-state index in [4.69, 9.17) is 10.5 Å². The van der Waals surface area contributed by atoms with E-state index in [-0.39, 0.29) is 25.3 Å². The maximum atomic E-state index is 13.9. The number of benzene rings is 1. The number of nitrogens with zero attached hydrogens (tertiary/aromatic N) is 1. The van der Waals surface area contributed by atoms with Gasteiger partial charge in [0.15, 0.2) is 0 Å². The number of aryl methyl sites for hydroxylation is 2. The maximum Gasteiger partial charge on any atom is 0.408 e. The molecule has 1 aromatic carbocycles. The first-order valence-corrected chi connectivity index (χ1v) is 12.7. The molecule has 0 aromatic heterocycles. The van der Waals surface area contributed by atoms with E-state index in [1.54, 1.807) is 20.8 Å². The minimum atomic E-state index is -1.09. The lowest BCUT2D eigenvalue weighted by molar-refractivity contribution is -0.142. The summed E-state index contributed by atoms with van der Waals surface area (Å²) in [6.07, 6.45) is 1.42. The van der Waals surface area contributed by atoms with Crippen LogP contribution in [0.4, 0.5) is 4.79 Å². The van der Waals surface area contributed by atoms with Crippen molar-refractivity contribution in [2.24, 2.45) is 5.73 Å². The van der Waals surface area contributed by atoms with Crippen LogP contribution in [-0.2, 0) is 19.1 Å². The minimum absolute atomic E-state index is 0.00937. The van der Waals surface area contributed by atoms with Crippen molar-refractivity contribution in [3.05, 3.63) is 34.9 Å². The average Bonchev–Trinajstić information content (AvgIpc) is 2.76. The third kappa shape index (κ3) is 9.87. The molecule has 4 N–H and O–H groups in total. The van der Waals surface area contributed by atoms with Gasteiger partial charge in [-0.25, -0.2) is 4.79 Å². The number of carbonyl (C=O) groups is 4. The van der Waals surface area contributed by atoms with Gasteiger partial charge in [0, 0.05) is 19.5 Å². The van der Waals surface area contributed by atoms with Gasteiger partial charge in [-0.1, -0.05) is 38.5 Å². The van der Waals surface area contributed by atoms with E-state index in [2.05, 4.69) is 10.6 Å². The van der Waals surface area contributed by atoms with E-state index in [1.807, 2.05) is 45.9 Å². The van der Waals surface area contributed by atoms with Crippen molar-refractivity contribution in [2.75, 3.05) is 13.1 Å². The lowest BCUT2D eigenvalue weighted by Gasteiger charge is -2.35. The summed E-state index contributed by atoms with van der Waals surface area (Å²) in [4.78, 5) is 53.1. The molecule has 2 atom stereocenters. The van der Waals surface area contributed by atoms with Crippen LogP contribution in [0.15, 0.2) is 18.2 Å². The number of primary amides is 1. The number of nitrogens with one attached hydrogen (secondary N) is 2. The number of rotatable bonds is 13. The monoisotopic (exact) mass is 504 g/mol. The molecular formula is C27H44N4O5. The number of unbranched alkanes of at least 4 members (excludes halogenated alkanes) is 1. The van der Waals surface area contributed by atoms with Gasteiger partial charge in [-0.05, 0) is 70.6 Å². The molecule has 1 rings (SSSR count). The van der Waals surface area contributed by atoms with Crippen molar-refractivity contribution in [2.45, 2.75) is 98.3 Å². The Kier molecular flexibility index (Phi) is 12.4. The van der Waals surface area contributed by atoms with Crippen LogP contribution in [-0.4, -0.2) is 53.4 Å². The number of ether oxygens (including phenoxy) is 1. The molecule has 9 heteroatoms. The molecule has 1 aromatic rings. The summed E-state index contributed by atoms with van der Waals surface area (Å²) in [7, 11) is 0. The molecule has 0 aliphatic carbocycles. The van der Waals surface area contributed by atoms with Crippen molar-refractivity contribution in [3.8, 4) is 0 Å². The molecule has 0 bridgehead atoms. The number of hydrogen-bond acceptors (Lipinski definition) is 5. The quantitative estimate of drug-likeness (QED) is 0.353. The van der Waals surface area contributed by atoms with Gasteiger partial charge in [-0.15, -0.1) is 0 Å². The van der Waals surface area contributed by atoms with E-state index in [9.17, 15) is 19.2 Å². The van der Waals surface area contributed by atoms with E-state index in [0.717, 1.165) is 29.5 Å². The number of hydrogen-bond donors (Lipinski definition) is 3. The fourth-order valence-electron chi connectivity index (χ4n) is 3.97. The molecule has 0 fully saturated rings. The van der Waals surface area contributed by atoms with Crippen LogP contribution in [0.25, 0.3) is 0 Å². The maximum absolute atomic E-state index is 13.9. The summed E-state index contributed by atoms with van der Waals surface area (Å²) in [5.74, 6) is -1.35. The minimum Gasteiger partial charge on any atom is -0.444 e. The van der Waals surface area contributed by atoms with E-state index in [1.165, 1.54) is 4.90 Å². The highest BCUT2D eigenvalue weighted by molar-refractivity contribution is 5.93. The van der Waals surface area contributed by atoms with Crippen LogP contribution < -0.4 is 16.4 Å². The van der Waals surface area contributed by atoms with E-state index < -0.39 is 35.6 Å². The zero-order valence-corrected chi connectivity index (χ0v) is 22.9. The van der Waals surface area contributed by atoms with Crippen molar-refractivity contribution >= 4 is 23.8 Å². The molecule has 0 aliphatic rings. The van der Waals surface area contributed by atoms with Crippen LogP contribution in [0.5, 0.6) is 0 Å². The molecule has 36 heavy (non-hydrogen) atoms. The largest absolute Gasteiger partial charge is 0.444 e. The van der Waals surface area contributed by atoms with Crippen LogP contribution >= 0.6 is 0 Å². The standard InChI is InChI=1S/C27H44N4O5/c1-8-10-16-29-24(33)23(22-18(3)12-11-13-19(22)4)31(17-9-2)25(34)20(14-15-21(28)32)30-26(35)36-27(5,6)7/h11-13,20,23H,8-10,14-17H2,1-7H3,(H2,28,32)(H,29,33)(H,30,35). The lowest BCUT2D eigenvalue weighted by atomic mass is 9.93. The van der Waals surface area contributed by atoms with Gasteiger partial charge in [0.25, 0.3) is 0 Å². The average molecular weight is 505 g/mol. The molecule has 0 heterocycles. The Bertz CT molecular complexity index is 890. The first-order valence-electron chi connectivity index (χ1n) is 12.7. The Labute approximate surface area is 215 Å². The van der Waals surface area contributed by atoms with Crippen molar-refractivity contribution in [1.82, 2.24) is 15.5 Å². The third-order valence-corrected chi connectivity index (χ3v) is 5.62. The number of alkyl carbamates (subject to hydrolysis) is 1. The van der Waals surface area contributed by atoms with Crippen LogP contribution in [0.3, 0.4) is 0 Å². The first-order chi connectivity index (χ1) is 16.8. The number of amides is 4. The second-order valence-electron chi connectivity index (χ2n) is 10.1. The van der Waals surface area contributed by atoms with Crippen LogP contribution in [0.2, 0.25) is 0 Å². The molecule has 0 saturated heterocycles. The second kappa shape index (κ2) is 14.5. The van der Waals surface area contributed by atoms with Gasteiger partial charge < -0.3 is 26.0 Å². The lowest BCUT2D eigenvalue weighted by Crippen LogP contribution is -2.53. The molecule has 0 saturated carbocycles. The van der Waals surface area contributed by atoms with Gasteiger partial charge in [-0.3, -0.25) is 14.4 Å². The Morgan fingerprint density at radius 2 is 1.67 bits per heavy atom. The summed E-state index contributed by atoms with van der Waals surface area (Å²) in [6, 6.07) is 3.74. The Balaban J connectivity index is 3.49. The zero-order valence-electron chi connectivity index (χ0n) is 22.9. The summed E-state index contributed by atoms with van der Waals surface area (Å²) in [6.45, 7) is 13.7. The Hall–Kier alpha value is -3.10. The molecule has 0 aliphatic heterocycles. The first kappa shape index (κ1) is 30.9. The van der Waals surface area contributed by atoms with Crippen molar-refractivity contribution in [1.29, 1.82) is 0 Å². The highest BCUT2D eigenvalue weighted by Gasteiger charge is 2.37. The number of nitrogens with two attached hydrogens (primary N) is 1. The molecule has 4 amide bonds. The van der Waals surface area contributed by atoms with E-state index >= 15 is 0 Å². The molecule has 0 spiro atoms. The smallest absolute Gasteiger partial charge is 0.408 e. The summed E-state index contributed by atoms with van der Waals surface area (Å²) in [5, 5.41) is 5.57. The normalized spacial score (nSPS) is 12.9. The third-order valence-electron chi connectivity index (χ3n) is 5.62. The topological polar surface area (TPSA) is 131 Å². The fraction of sp³-hybridized carbons (Fsp3) is 0.630. The second-order valence-corrected chi connectivity index (χ2v) is 10.1. The van der Waals surface area contributed by atoms with Crippen LogP contribution in [0, 0.1) is 13.8 Å². The van der Waals surface area contributed by atoms with Crippen LogP contribution in [0.1, 0.15) is 89.5 Å².